The quantitative estimate of drug-likeness (QED) is 0.213. The predicted octanol–water partition coefficient (Wildman–Crippen LogP) is 4.75. The lowest BCUT2D eigenvalue weighted by molar-refractivity contribution is -0.384. The first-order valence-corrected chi connectivity index (χ1v) is 15.5. The fourth-order valence-corrected chi connectivity index (χ4v) is 6.57. The lowest BCUT2D eigenvalue weighted by Crippen LogP contribution is -2.56. The summed E-state index contributed by atoms with van der Waals surface area (Å²) in [5.74, 6) is -0.574. The number of alkyl carbamates (subject to hydrolysis) is 1. The number of benzene rings is 2. The molecule has 1 saturated carbocycles. The molecule has 2 amide bonds. The highest BCUT2D eigenvalue weighted by atomic mass is 16.6. The minimum absolute atomic E-state index is 0.0614. The number of fused-ring (bicyclic) bond motifs is 3. The number of hydrogen-bond donors (Lipinski definition) is 1. The number of likely N-dealkylation sites (tertiary alicyclic amines) is 1. The molecule has 2 aromatic carbocycles. The van der Waals surface area contributed by atoms with E-state index < -0.39 is 23.2 Å². The first-order chi connectivity index (χ1) is 21.7. The number of rotatable bonds is 11. The van der Waals surface area contributed by atoms with E-state index >= 15 is 0 Å². The van der Waals surface area contributed by atoms with Gasteiger partial charge in [-0.15, -0.1) is 0 Å². The van der Waals surface area contributed by atoms with Crippen LogP contribution in [-0.2, 0) is 30.3 Å². The Morgan fingerprint density at radius 1 is 1.07 bits per heavy atom. The van der Waals surface area contributed by atoms with Gasteiger partial charge in [0.1, 0.15) is 12.6 Å². The number of amides is 2. The van der Waals surface area contributed by atoms with E-state index in [4.69, 9.17) is 18.9 Å². The molecule has 4 aliphatic rings. The van der Waals surface area contributed by atoms with Crippen molar-refractivity contribution in [2.45, 2.75) is 76.2 Å². The molecule has 6 rings (SSSR count). The molecule has 2 aromatic rings. The number of ether oxygens (including phenoxy) is 4. The van der Waals surface area contributed by atoms with Crippen LogP contribution in [0.5, 0.6) is 0 Å². The monoisotopic (exact) mass is 623 g/mol. The summed E-state index contributed by atoms with van der Waals surface area (Å²) in [4.78, 5) is 51.4. The summed E-state index contributed by atoms with van der Waals surface area (Å²) in [5, 5.41) is 13.7. The average Bonchev–Trinajstić information content (AvgIpc) is 3.09. The molecular formula is C33H41N3O9. The average molecular weight is 624 g/mol. The van der Waals surface area contributed by atoms with E-state index in [9.17, 15) is 24.5 Å². The Hall–Kier alpha value is -4.03. The van der Waals surface area contributed by atoms with Gasteiger partial charge in [-0.2, -0.15) is 0 Å². The van der Waals surface area contributed by atoms with E-state index in [0.717, 1.165) is 31.2 Å². The molecule has 2 bridgehead atoms. The van der Waals surface area contributed by atoms with Crippen molar-refractivity contribution in [1.29, 1.82) is 0 Å². The third-order valence-electron chi connectivity index (χ3n) is 9.41. The number of nitrogens with zero attached hydrogens (tertiary/aromatic N) is 2. The van der Waals surface area contributed by atoms with Gasteiger partial charge in [0.2, 0.25) is 5.91 Å². The van der Waals surface area contributed by atoms with Gasteiger partial charge in [-0.1, -0.05) is 18.2 Å². The summed E-state index contributed by atoms with van der Waals surface area (Å²) >= 11 is 0. The van der Waals surface area contributed by atoms with Crippen molar-refractivity contribution in [3.05, 3.63) is 75.3 Å². The Balaban J connectivity index is 1.23. The number of hydrogen-bond acceptors (Lipinski definition) is 9. The van der Waals surface area contributed by atoms with Crippen molar-refractivity contribution >= 4 is 23.7 Å². The number of carbonyl (C=O) groups is 3. The van der Waals surface area contributed by atoms with Crippen LogP contribution in [0.2, 0.25) is 0 Å². The summed E-state index contributed by atoms with van der Waals surface area (Å²) in [7, 11) is 1.36. The van der Waals surface area contributed by atoms with Crippen LogP contribution >= 0.6 is 0 Å². The molecule has 0 unspecified atom stereocenters. The molecule has 0 spiro atoms. The Morgan fingerprint density at radius 2 is 1.76 bits per heavy atom. The standard InChI is InChI=1S/C33H41N3O9/c1-22(44-20-33-15-11-26(12-16-33)45-21-33)29(34-32(39)43-19-23-7-9-25(10-8-23)36(40)41)30(37)35-17-13-24(14-18-35)27-5-3-4-6-28(27)31(38)42-2/h3-10,22,24,26,29H,11-21H2,1-2H3,(H,34,39)/t22-,26?,29+,33?/m1/s1. The van der Waals surface area contributed by atoms with Crippen LogP contribution in [0.3, 0.4) is 0 Å². The van der Waals surface area contributed by atoms with E-state index in [0.29, 0.717) is 56.4 Å². The smallest absolute Gasteiger partial charge is 0.408 e. The van der Waals surface area contributed by atoms with E-state index in [1.807, 2.05) is 12.1 Å². The molecule has 12 heteroatoms. The van der Waals surface area contributed by atoms with Crippen LogP contribution in [-0.4, -0.2) is 79.5 Å². The minimum Gasteiger partial charge on any atom is -0.465 e. The first kappa shape index (κ1) is 32.4. The third kappa shape index (κ3) is 7.80. The van der Waals surface area contributed by atoms with Gasteiger partial charge >= 0.3 is 12.1 Å². The van der Waals surface area contributed by atoms with Crippen molar-refractivity contribution in [1.82, 2.24) is 10.2 Å². The summed E-state index contributed by atoms with van der Waals surface area (Å²) in [6.07, 6.45) is 4.21. The van der Waals surface area contributed by atoms with Gasteiger partial charge in [-0.3, -0.25) is 14.9 Å². The lowest BCUT2D eigenvalue weighted by atomic mass is 9.72. The number of carbonyl (C=O) groups excluding carboxylic acids is 3. The van der Waals surface area contributed by atoms with Crippen LogP contribution in [0.4, 0.5) is 10.5 Å². The fraction of sp³-hybridized carbons (Fsp3) is 0.545. The topological polar surface area (TPSA) is 147 Å². The molecule has 2 atom stereocenters. The van der Waals surface area contributed by atoms with Crippen molar-refractivity contribution in [3.8, 4) is 0 Å². The first-order valence-electron chi connectivity index (χ1n) is 15.5. The van der Waals surface area contributed by atoms with Crippen molar-refractivity contribution < 1.29 is 38.3 Å². The van der Waals surface area contributed by atoms with Gasteiger partial charge in [0.15, 0.2) is 0 Å². The Bertz CT molecular complexity index is 1350. The van der Waals surface area contributed by atoms with Gasteiger partial charge < -0.3 is 29.2 Å². The van der Waals surface area contributed by atoms with Crippen LogP contribution in [0.15, 0.2) is 48.5 Å². The van der Waals surface area contributed by atoms with Gasteiger partial charge in [-0.05, 0) is 80.7 Å². The second-order valence-electron chi connectivity index (χ2n) is 12.3. The SMILES string of the molecule is COC(=O)c1ccccc1C1CCN(C(=O)[C@@H](NC(=O)OCc2ccc([N+](=O)[O-])cc2)[C@@H](C)OCC23CCC(CC2)OC3)CC1. The van der Waals surface area contributed by atoms with Crippen LogP contribution in [0.1, 0.15) is 72.9 Å². The van der Waals surface area contributed by atoms with E-state index in [-0.39, 0.29) is 35.5 Å². The molecule has 1 N–H and O–H groups in total. The number of nitrogens with one attached hydrogen (secondary N) is 1. The normalized spacial score (nSPS) is 22.7. The highest BCUT2D eigenvalue weighted by molar-refractivity contribution is 5.91. The maximum absolute atomic E-state index is 13.9. The molecule has 4 fully saturated rings. The molecule has 3 saturated heterocycles. The summed E-state index contributed by atoms with van der Waals surface area (Å²) in [6, 6.07) is 12.1. The fourth-order valence-electron chi connectivity index (χ4n) is 6.57. The summed E-state index contributed by atoms with van der Waals surface area (Å²) in [6.45, 7) is 3.61. The molecule has 45 heavy (non-hydrogen) atoms. The maximum atomic E-state index is 13.9. The Labute approximate surface area is 262 Å². The lowest BCUT2D eigenvalue weighted by Gasteiger charge is -2.46. The van der Waals surface area contributed by atoms with E-state index in [2.05, 4.69) is 5.32 Å². The van der Waals surface area contributed by atoms with Crippen LogP contribution < -0.4 is 5.32 Å². The number of nitro benzene ring substituents is 1. The zero-order valence-electron chi connectivity index (χ0n) is 25.8. The van der Waals surface area contributed by atoms with Gasteiger partial charge in [-0.25, -0.2) is 9.59 Å². The number of non-ortho nitro benzene ring substituents is 1. The van der Waals surface area contributed by atoms with Crippen molar-refractivity contribution in [3.63, 3.8) is 0 Å². The maximum Gasteiger partial charge on any atom is 0.408 e. The van der Waals surface area contributed by atoms with Crippen LogP contribution in [0, 0.1) is 15.5 Å². The van der Waals surface area contributed by atoms with Gasteiger partial charge in [0.25, 0.3) is 5.69 Å². The zero-order valence-corrected chi connectivity index (χ0v) is 25.8. The Morgan fingerprint density at radius 3 is 2.38 bits per heavy atom. The molecule has 12 nitrogen and oxygen atoms in total. The molecule has 3 heterocycles. The Kier molecular flexibility index (Phi) is 10.3. The molecule has 0 aromatic heterocycles. The molecule has 1 aliphatic carbocycles. The highest BCUT2D eigenvalue weighted by Gasteiger charge is 2.43. The molecule has 0 radical (unpaired) electrons. The third-order valence-corrected chi connectivity index (χ3v) is 9.41. The van der Waals surface area contributed by atoms with Crippen LogP contribution in [0.25, 0.3) is 0 Å². The summed E-state index contributed by atoms with van der Waals surface area (Å²) < 4.78 is 22.6. The van der Waals surface area contributed by atoms with Crippen molar-refractivity contribution in [2.24, 2.45) is 5.41 Å². The van der Waals surface area contributed by atoms with E-state index in [1.54, 1.807) is 24.0 Å². The predicted molar refractivity (Wildman–Crippen MR) is 163 cm³/mol. The number of nitro groups is 1. The second kappa shape index (κ2) is 14.4. The molecular weight excluding hydrogens is 582 g/mol. The number of piperidine rings is 1. The zero-order chi connectivity index (χ0) is 32.0. The van der Waals surface area contributed by atoms with E-state index in [1.165, 1.54) is 31.4 Å². The molecule has 242 valence electrons. The summed E-state index contributed by atoms with van der Waals surface area (Å²) in [5.41, 5.74) is 1.86. The number of methoxy groups -OCH3 is 1. The number of esters is 1. The van der Waals surface area contributed by atoms with Gasteiger partial charge in [0.05, 0.1) is 43.0 Å². The minimum atomic E-state index is -0.995. The molecule has 3 aliphatic heterocycles. The van der Waals surface area contributed by atoms with Gasteiger partial charge in [0, 0.05) is 30.6 Å². The second-order valence-corrected chi connectivity index (χ2v) is 12.3. The van der Waals surface area contributed by atoms with Crippen molar-refractivity contribution in [2.75, 3.05) is 33.4 Å². The highest BCUT2D eigenvalue weighted by Crippen LogP contribution is 2.43. The largest absolute Gasteiger partial charge is 0.465 e.